The van der Waals surface area contributed by atoms with Gasteiger partial charge in [0.05, 0.1) is 0 Å². The molecule has 7 nitrogen and oxygen atoms in total. The van der Waals surface area contributed by atoms with Crippen molar-refractivity contribution in [3.63, 3.8) is 0 Å². The lowest BCUT2D eigenvalue weighted by atomic mass is 10.3. The number of aromatic nitrogens is 6. The zero-order valence-electron chi connectivity index (χ0n) is 14.9. The Labute approximate surface area is 198 Å². The van der Waals surface area contributed by atoms with Crippen molar-refractivity contribution in [1.29, 1.82) is 0 Å². The Morgan fingerprint density at radius 2 is 1.22 bits per heavy atom. The normalized spacial score (nSPS) is 11.8. The highest BCUT2D eigenvalue weighted by Gasteiger charge is 2.31. The minimum Gasteiger partial charge on any atom is -0.424 e. The predicted octanol–water partition coefficient (Wildman–Crippen LogP) is 6.04. The molecule has 0 bridgehead atoms. The van der Waals surface area contributed by atoms with E-state index in [4.69, 9.17) is 4.74 Å². The molecule has 0 unspecified atom stereocenters. The number of hydrogen-bond donors (Lipinski definition) is 0. The molecule has 0 atom stereocenters. The van der Waals surface area contributed by atoms with Crippen molar-refractivity contribution in [3.05, 3.63) is 44.0 Å². The second-order valence-corrected chi connectivity index (χ2v) is 7.69. The van der Waals surface area contributed by atoms with Crippen LogP contribution in [0.1, 0.15) is 0 Å². The third-order valence-electron chi connectivity index (χ3n) is 2.92. The molecule has 0 aliphatic heterocycles. The van der Waals surface area contributed by atoms with E-state index < -0.39 is 43.1 Å². The van der Waals surface area contributed by atoms with Crippen LogP contribution in [0.3, 0.4) is 0 Å². The van der Waals surface area contributed by atoms with E-state index in [2.05, 4.69) is 68.0 Å². The monoisotopic (exact) mass is 664 g/mol. The second kappa shape index (κ2) is 10.4. The van der Waals surface area contributed by atoms with Crippen molar-refractivity contribution in [3.8, 4) is 11.8 Å². The molecular weight excluding hydrogens is 660 g/mol. The van der Waals surface area contributed by atoms with Gasteiger partial charge in [0.1, 0.15) is 30.5 Å². The molecule has 176 valence electrons. The summed E-state index contributed by atoms with van der Waals surface area (Å²) in [5.41, 5.74) is 0. The molecule has 3 aromatic rings. The maximum atomic E-state index is 13.0. The van der Waals surface area contributed by atoms with Crippen molar-refractivity contribution < 1.29 is 39.9 Å². The molecule has 0 aliphatic rings. The first-order valence-corrected chi connectivity index (χ1v) is 10.1. The van der Waals surface area contributed by atoms with Crippen LogP contribution >= 0.6 is 47.8 Å². The predicted molar refractivity (Wildman–Crippen MR) is 102 cm³/mol. The summed E-state index contributed by atoms with van der Waals surface area (Å²) >= 11 is 8.47. The SMILES string of the molecule is FC(F)(F)Cn1nc(Br)nc1Br.Fc1cc(F)cc(Oc2nc(Br)nn2CC(F)(F)F)c1. The summed E-state index contributed by atoms with van der Waals surface area (Å²) in [7, 11) is 0. The van der Waals surface area contributed by atoms with E-state index in [1.165, 1.54) is 0 Å². The van der Waals surface area contributed by atoms with Crippen LogP contribution in [0.25, 0.3) is 0 Å². The molecule has 0 radical (unpaired) electrons. The standard InChI is InChI=1S/C10H5BrF5N3O.C4H2Br2F3N3/c11-8-17-9(19(18-8)4-10(14,15)16)20-7-2-5(12)1-6(13)3-7;5-2-10-3(6)12(11-2)1-4(7,8)9/h1-3H,4H2;1H2. The average Bonchev–Trinajstić information content (AvgIpc) is 3.05. The van der Waals surface area contributed by atoms with Crippen LogP contribution in [-0.4, -0.2) is 41.9 Å². The highest BCUT2D eigenvalue weighted by atomic mass is 79.9. The topological polar surface area (TPSA) is 70.7 Å². The molecule has 0 N–H and O–H groups in total. The van der Waals surface area contributed by atoms with Gasteiger partial charge < -0.3 is 4.74 Å². The van der Waals surface area contributed by atoms with Crippen LogP contribution < -0.4 is 4.74 Å². The summed E-state index contributed by atoms with van der Waals surface area (Å²) in [5, 5.41) is 6.88. The fourth-order valence-corrected chi connectivity index (χ4v) is 3.22. The van der Waals surface area contributed by atoms with Gasteiger partial charge in [-0.2, -0.15) is 36.3 Å². The second-order valence-electron chi connectivity index (χ2n) is 5.57. The third kappa shape index (κ3) is 8.97. The van der Waals surface area contributed by atoms with Crippen LogP contribution in [0.5, 0.6) is 11.8 Å². The Hall–Kier alpha value is -1.82. The molecule has 0 saturated heterocycles. The van der Waals surface area contributed by atoms with Gasteiger partial charge in [-0.05, 0) is 47.8 Å². The minimum absolute atomic E-state index is 0.0479. The van der Waals surface area contributed by atoms with Crippen LogP contribution in [0, 0.1) is 11.6 Å². The summed E-state index contributed by atoms with van der Waals surface area (Å²) in [6.07, 6.45) is -8.83. The van der Waals surface area contributed by atoms with E-state index in [1.54, 1.807) is 0 Å². The largest absolute Gasteiger partial charge is 0.424 e. The molecule has 3 rings (SSSR count). The summed E-state index contributed by atoms with van der Waals surface area (Å²) in [4.78, 5) is 7.13. The van der Waals surface area contributed by atoms with Gasteiger partial charge in [0.25, 0.3) is 0 Å². The molecule has 1 aromatic carbocycles. The van der Waals surface area contributed by atoms with Crippen LogP contribution in [0.2, 0.25) is 0 Å². The van der Waals surface area contributed by atoms with E-state index >= 15 is 0 Å². The summed E-state index contributed by atoms with van der Waals surface area (Å²) in [6, 6.07) is 1.68. The number of ether oxygens (including phenoxy) is 1. The van der Waals surface area contributed by atoms with Gasteiger partial charge >= 0.3 is 18.4 Å². The molecular formula is C14H7Br3F8N6O. The van der Waals surface area contributed by atoms with E-state index in [0.29, 0.717) is 15.4 Å². The lowest BCUT2D eigenvalue weighted by Gasteiger charge is -2.09. The van der Waals surface area contributed by atoms with Crippen molar-refractivity contribution in [2.75, 3.05) is 0 Å². The first kappa shape index (κ1) is 26.4. The first-order chi connectivity index (χ1) is 14.6. The molecule has 32 heavy (non-hydrogen) atoms. The number of nitrogens with zero attached hydrogens (tertiary/aromatic N) is 6. The third-order valence-corrected chi connectivity index (χ3v) is 4.17. The van der Waals surface area contributed by atoms with Crippen LogP contribution in [0.15, 0.2) is 32.4 Å². The zero-order valence-corrected chi connectivity index (χ0v) is 19.7. The minimum atomic E-state index is -4.54. The Morgan fingerprint density at radius 1 is 0.750 bits per heavy atom. The van der Waals surface area contributed by atoms with E-state index in [1.807, 2.05) is 0 Å². The Bertz CT molecular complexity index is 1050. The molecule has 0 spiro atoms. The maximum Gasteiger partial charge on any atom is 0.408 e. The zero-order chi connectivity index (χ0) is 24.3. The van der Waals surface area contributed by atoms with Gasteiger partial charge in [0, 0.05) is 18.2 Å². The number of benzene rings is 1. The lowest BCUT2D eigenvalue weighted by Crippen LogP contribution is -2.19. The molecule has 0 amide bonds. The van der Waals surface area contributed by atoms with Gasteiger partial charge in [-0.3, -0.25) is 0 Å². The van der Waals surface area contributed by atoms with Gasteiger partial charge in [0.2, 0.25) is 9.47 Å². The van der Waals surface area contributed by atoms with Crippen LogP contribution in [0.4, 0.5) is 35.1 Å². The number of hydrogen-bond acceptors (Lipinski definition) is 5. The highest BCUT2D eigenvalue weighted by molar-refractivity contribution is 9.11. The van der Waals surface area contributed by atoms with Gasteiger partial charge in [-0.1, -0.05) is 0 Å². The molecule has 18 heteroatoms. The van der Waals surface area contributed by atoms with Crippen LogP contribution in [-0.2, 0) is 13.1 Å². The molecule has 2 aromatic heterocycles. The van der Waals surface area contributed by atoms with Crippen molar-refractivity contribution in [2.45, 2.75) is 25.4 Å². The van der Waals surface area contributed by atoms with Crippen molar-refractivity contribution in [1.82, 2.24) is 29.5 Å². The smallest absolute Gasteiger partial charge is 0.408 e. The quantitative estimate of drug-likeness (QED) is 0.318. The van der Waals surface area contributed by atoms with Crippen molar-refractivity contribution >= 4 is 47.8 Å². The van der Waals surface area contributed by atoms with Gasteiger partial charge in [0.15, 0.2) is 4.73 Å². The Balaban J connectivity index is 0.000000258. The molecule has 0 fully saturated rings. The number of halogens is 11. The lowest BCUT2D eigenvalue weighted by molar-refractivity contribution is -0.144. The maximum absolute atomic E-state index is 13.0. The fourth-order valence-electron chi connectivity index (χ4n) is 1.91. The summed E-state index contributed by atoms with van der Waals surface area (Å²) < 4.78 is 104. The van der Waals surface area contributed by atoms with E-state index in [-0.39, 0.29) is 20.0 Å². The molecule has 0 aliphatic carbocycles. The number of alkyl halides is 6. The highest BCUT2D eigenvalue weighted by Crippen LogP contribution is 2.26. The summed E-state index contributed by atoms with van der Waals surface area (Å²) in [5.74, 6) is -2.19. The molecule has 2 heterocycles. The van der Waals surface area contributed by atoms with Gasteiger partial charge in [-0.25, -0.2) is 18.1 Å². The van der Waals surface area contributed by atoms with Crippen molar-refractivity contribution in [2.24, 2.45) is 0 Å². The molecule has 0 saturated carbocycles. The van der Waals surface area contributed by atoms with Gasteiger partial charge in [-0.15, -0.1) is 10.2 Å². The van der Waals surface area contributed by atoms with E-state index in [9.17, 15) is 35.1 Å². The van der Waals surface area contributed by atoms with E-state index in [0.717, 1.165) is 12.1 Å². The average molecular weight is 667 g/mol. The fraction of sp³-hybridized carbons (Fsp3) is 0.286. The Morgan fingerprint density at radius 3 is 1.69 bits per heavy atom. The number of rotatable bonds is 4. The Kier molecular flexibility index (Phi) is 8.60. The first-order valence-electron chi connectivity index (χ1n) is 7.75. The summed E-state index contributed by atoms with van der Waals surface area (Å²) in [6.45, 7) is -2.59.